The van der Waals surface area contributed by atoms with Gasteiger partial charge in [-0.3, -0.25) is 71.9 Å². The molecule has 89 heavy (non-hydrogen) atoms. The van der Waals surface area contributed by atoms with Crippen LogP contribution in [0.4, 0.5) is 4.79 Å². The molecule has 24 heteroatoms. The summed E-state index contributed by atoms with van der Waals surface area (Å²) in [6.07, 6.45) is -2.99. The van der Waals surface area contributed by atoms with E-state index in [2.05, 4.69) is 26.6 Å². The summed E-state index contributed by atoms with van der Waals surface area (Å²) in [7, 11) is 0. The van der Waals surface area contributed by atoms with E-state index in [9.17, 15) is 76.7 Å². The molecule has 0 fully saturated rings. The first-order chi connectivity index (χ1) is 42.0. The minimum Gasteiger partial charge on any atom is -0.444 e. The van der Waals surface area contributed by atoms with Crippen LogP contribution in [0.15, 0.2) is 0 Å². The van der Waals surface area contributed by atoms with Crippen molar-refractivity contribution in [2.75, 3.05) is 33.0 Å². The molecule has 5 amide bonds. The lowest BCUT2D eigenvalue weighted by Gasteiger charge is -2.25. The molecule has 5 N–H and O–H groups in total. The zero-order valence-corrected chi connectivity index (χ0v) is 55.0. The van der Waals surface area contributed by atoms with Gasteiger partial charge in [-0.05, 0) is 65.7 Å². The van der Waals surface area contributed by atoms with Crippen molar-refractivity contribution in [3.05, 3.63) is 0 Å². The second-order valence-electron chi connectivity index (χ2n) is 23.3. The van der Waals surface area contributed by atoms with Crippen molar-refractivity contribution >= 4 is 93.3 Å². The van der Waals surface area contributed by atoms with Crippen molar-refractivity contribution < 1.29 is 90.9 Å². The zero-order chi connectivity index (χ0) is 67.6. The largest absolute Gasteiger partial charge is 0.444 e. The highest BCUT2D eigenvalue weighted by atomic mass is 16.6. The summed E-state index contributed by atoms with van der Waals surface area (Å²) >= 11 is 0. The number of hydrogen-bond donors (Lipinski definition) is 5. The number of ketones is 11. The standard InChI is InChI=1S/C65H105N5O19/c1-12-45(71)23-20-42(55(77)16-5)38-49(75)27-30-53(59(81)40-43(56(78)17-6)21-24-46(72)13-2)68-60(82)32-22-44(39-50(76)41-88-37-36-87-35-34-66-64(86)89-65(9,10)11)62(84)70-54(63(85)69-52(58(80)19-8)29-26-48(74)15-4)31-33-61(83)67-51(57(79)18-7)28-25-47(73)14-3/h42-44,51-54H,12-41H2,1-11H3,(H,66,86)(H,67,83)(H,68,82)(H,69,85)(H,70,84). The maximum Gasteiger partial charge on any atom is 0.407 e. The molecule has 0 rings (SSSR count). The van der Waals surface area contributed by atoms with Gasteiger partial charge < -0.3 is 40.8 Å². The number of ether oxygens (including phenoxy) is 3. The van der Waals surface area contributed by atoms with Gasteiger partial charge in [-0.15, -0.1) is 0 Å². The second-order valence-corrected chi connectivity index (χ2v) is 23.3. The molecular weight excluding hydrogens is 1150 g/mol. The summed E-state index contributed by atoms with van der Waals surface area (Å²) in [4.78, 5) is 211. The molecule has 0 bridgehead atoms. The van der Waals surface area contributed by atoms with Gasteiger partial charge in [-0.25, -0.2) is 4.79 Å². The average molecular weight is 1260 g/mol. The van der Waals surface area contributed by atoms with E-state index in [0.717, 1.165) is 0 Å². The highest BCUT2D eigenvalue weighted by molar-refractivity contribution is 5.97. The van der Waals surface area contributed by atoms with Crippen molar-refractivity contribution in [1.29, 1.82) is 0 Å². The van der Waals surface area contributed by atoms with Crippen LogP contribution < -0.4 is 26.6 Å². The Kier molecular flexibility index (Phi) is 43.1. The fourth-order valence-electron chi connectivity index (χ4n) is 9.37. The number of carbonyl (C=O) groups is 16. The summed E-state index contributed by atoms with van der Waals surface area (Å²) in [5.41, 5.74) is -0.711. The average Bonchev–Trinajstić information content (AvgIpc) is 2.90. The van der Waals surface area contributed by atoms with E-state index in [1.807, 2.05) is 0 Å². The molecule has 504 valence electrons. The number of amides is 5. The molecule has 0 aliphatic rings. The van der Waals surface area contributed by atoms with Gasteiger partial charge in [-0.2, -0.15) is 0 Å². The van der Waals surface area contributed by atoms with Crippen LogP contribution in [0.2, 0.25) is 0 Å². The fraction of sp³-hybridized carbons (Fsp3) is 0.754. The molecule has 0 heterocycles. The minimum absolute atomic E-state index is 0.0107. The lowest BCUT2D eigenvalue weighted by Crippen LogP contribution is -2.53. The third kappa shape index (κ3) is 37.9. The highest BCUT2D eigenvalue weighted by Gasteiger charge is 2.33. The number of alkyl carbamates (subject to hydrolysis) is 1. The van der Waals surface area contributed by atoms with Crippen LogP contribution in [0.1, 0.15) is 237 Å². The quantitative estimate of drug-likeness (QED) is 0.0405. The van der Waals surface area contributed by atoms with Gasteiger partial charge in [0.25, 0.3) is 0 Å². The van der Waals surface area contributed by atoms with Gasteiger partial charge >= 0.3 is 6.09 Å². The summed E-state index contributed by atoms with van der Waals surface area (Å²) in [6.45, 7) is 17.7. The molecule has 24 nitrogen and oxygen atoms in total. The first-order valence-electron chi connectivity index (χ1n) is 32.1. The smallest absolute Gasteiger partial charge is 0.407 e. The van der Waals surface area contributed by atoms with Gasteiger partial charge in [0.2, 0.25) is 23.6 Å². The maximum atomic E-state index is 14.6. The number of hydrogen-bond acceptors (Lipinski definition) is 19. The first kappa shape index (κ1) is 82.4. The fourth-order valence-corrected chi connectivity index (χ4v) is 9.37. The van der Waals surface area contributed by atoms with E-state index in [4.69, 9.17) is 14.2 Å². The molecule has 0 aliphatic heterocycles. The molecule has 0 spiro atoms. The Bertz CT molecular complexity index is 2380. The summed E-state index contributed by atoms with van der Waals surface area (Å²) in [5, 5.41) is 13.0. The molecular formula is C65H105N5O19. The molecule has 7 unspecified atom stereocenters. The Hall–Kier alpha value is -6.56. The maximum absolute atomic E-state index is 14.6. The van der Waals surface area contributed by atoms with Crippen LogP contribution in [-0.4, -0.2) is 156 Å². The molecule has 0 aromatic rings. The molecule has 0 aliphatic carbocycles. The van der Waals surface area contributed by atoms with Crippen LogP contribution in [0.3, 0.4) is 0 Å². The summed E-state index contributed by atoms with van der Waals surface area (Å²) in [6, 6.07) is -5.20. The van der Waals surface area contributed by atoms with E-state index >= 15 is 0 Å². The predicted octanol–water partition coefficient (Wildman–Crippen LogP) is 6.50. The third-order valence-corrected chi connectivity index (χ3v) is 15.0. The number of Topliss-reactive ketones (excluding diaryl/α,β-unsaturated/α-hetero) is 11. The van der Waals surface area contributed by atoms with Crippen LogP contribution in [0, 0.1) is 17.8 Å². The van der Waals surface area contributed by atoms with E-state index in [-0.39, 0.29) is 195 Å². The Balaban J connectivity index is 7.24. The van der Waals surface area contributed by atoms with Gasteiger partial charge in [0.15, 0.2) is 23.1 Å². The topological polar surface area (TPSA) is 361 Å². The SMILES string of the molecule is CCC(=O)CCC(CC(=O)CCC(NC(=O)CCC(CC(=O)COCCOCCNC(=O)OC(C)(C)C)C(=O)NC(CCC(=O)NC(CCC(=O)CC)C(=O)CC)C(=O)NC(CCC(=O)CC)C(=O)CC)C(=O)CC(CCC(=O)CC)C(=O)CC)C(=O)CC. The Morgan fingerprint density at radius 2 is 0.708 bits per heavy atom. The van der Waals surface area contributed by atoms with Gasteiger partial charge in [-0.1, -0.05) is 55.4 Å². The van der Waals surface area contributed by atoms with Crippen molar-refractivity contribution in [3.8, 4) is 0 Å². The minimum atomic E-state index is -1.60. The van der Waals surface area contributed by atoms with Crippen molar-refractivity contribution in [1.82, 2.24) is 26.6 Å². The molecule has 7 atom stereocenters. The van der Waals surface area contributed by atoms with Crippen LogP contribution >= 0.6 is 0 Å². The lowest BCUT2D eigenvalue weighted by atomic mass is 9.86. The van der Waals surface area contributed by atoms with E-state index in [1.54, 1.807) is 76.2 Å². The Labute approximate surface area is 526 Å². The zero-order valence-electron chi connectivity index (χ0n) is 55.0. The van der Waals surface area contributed by atoms with Crippen molar-refractivity contribution in [2.24, 2.45) is 17.8 Å². The number of rotatable bonds is 54. The third-order valence-electron chi connectivity index (χ3n) is 15.0. The Morgan fingerprint density at radius 1 is 0.337 bits per heavy atom. The Morgan fingerprint density at radius 3 is 1.17 bits per heavy atom. The van der Waals surface area contributed by atoms with Gasteiger partial charge in [0.1, 0.15) is 58.7 Å². The van der Waals surface area contributed by atoms with Crippen LogP contribution in [0.25, 0.3) is 0 Å². The van der Waals surface area contributed by atoms with Crippen molar-refractivity contribution in [2.45, 2.75) is 266 Å². The highest BCUT2D eigenvalue weighted by Crippen LogP contribution is 2.22. The van der Waals surface area contributed by atoms with E-state index in [1.165, 1.54) is 0 Å². The van der Waals surface area contributed by atoms with Gasteiger partial charge in [0.05, 0.1) is 37.9 Å². The van der Waals surface area contributed by atoms with E-state index in [0.29, 0.717) is 0 Å². The van der Waals surface area contributed by atoms with Gasteiger partial charge in [0, 0.05) is 140 Å². The summed E-state index contributed by atoms with van der Waals surface area (Å²) < 4.78 is 16.2. The van der Waals surface area contributed by atoms with E-state index < -0.39 is 139 Å². The number of carbonyl (C=O) groups excluding carboxylic acids is 16. The predicted molar refractivity (Wildman–Crippen MR) is 330 cm³/mol. The molecule has 0 aromatic carbocycles. The molecule has 0 saturated carbocycles. The van der Waals surface area contributed by atoms with Crippen LogP contribution in [0.5, 0.6) is 0 Å². The second kappa shape index (κ2) is 46.5. The van der Waals surface area contributed by atoms with Crippen molar-refractivity contribution in [3.63, 3.8) is 0 Å². The normalized spacial score (nSPS) is 13.6. The van der Waals surface area contributed by atoms with Crippen LogP contribution in [-0.2, 0) is 86.1 Å². The summed E-state index contributed by atoms with van der Waals surface area (Å²) in [5.74, 6) is -9.99. The first-order valence-corrected chi connectivity index (χ1v) is 32.1. The molecule has 0 radical (unpaired) electrons. The molecule has 0 saturated heterocycles. The molecule has 0 aromatic heterocycles. The monoisotopic (exact) mass is 1260 g/mol. The lowest BCUT2D eigenvalue weighted by molar-refractivity contribution is -0.136. The number of nitrogens with one attached hydrogen (secondary N) is 5.